The molecule has 8 heteroatoms. The lowest BCUT2D eigenvalue weighted by Crippen LogP contribution is -2.01. The Kier molecular flexibility index (Phi) is 4.03. The summed E-state index contributed by atoms with van der Waals surface area (Å²) < 4.78 is 39.9. The van der Waals surface area contributed by atoms with E-state index in [1.807, 2.05) is 0 Å². The van der Waals surface area contributed by atoms with E-state index < -0.39 is 26.4 Å². The first-order chi connectivity index (χ1) is 7.26. The Morgan fingerprint density at radius 3 is 2.62 bits per heavy atom. The third-order valence-corrected chi connectivity index (χ3v) is 3.57. The lowest BCUT2D eigenvalue weighted by molar-refractivity contribution is 0.367. The van der Waals surface area contributed by atoms with Crippen molar-refractivity contribution in [2.75, 3.05) is 7.11 Å². The highest BCUT2D eigenvalue weighted by Gasteiger charge is 2.21. The van der Waals surface area contributed by atoms with E-state index in [4.69, 9.17) is 15.4 Å². The molecule has 0 bridgehead atoms. The maximum absolute atomic E-state index is 13.4. The molecule has 1 rings (SSSR count). The third-order valence-electron chi connectivity index (χ3n) is 1.77. The Morgan fingerprint density at radius 1 is 1.62 bits per heavy atom. The molecule has 1 aromatic carbocycles. The normalized spacial score (nSPS) is 11.5. The Morgan fingerprint density at radius 2 is 2.19 bits per heavy atom. The summed E-state index contributed by atoms with van der Waals surface area (Å²) in [5, 5.41) is 9.32. The van der Waals surface area contributed by atoms with Crippen LogP contribution in [0.4, 0.5) is 4.39 Å². The molecule has 90 valence electrons. The Balaban J connectivity index is 3.40. The Hall–Kier alpha value is -0.530. The van der Waals surface area contributed by atoms with Crippen molar-refractivity contribution < 1.29 is 22.7 Å². The summed E-state index contributed by atoms with van der Waals surface area (Å²) in [5.74, 6) is -2.05. The number of hydrogen-bond acceptors (Lipinski definition) is 4. The van der Waals surface area contributed by atoms with Gasteiger partial charge in [0.15, 0.2) is 11.5 Å². The van der Waals surface area contributed by atoms with Gasteiger partial charge in [-0.2, -0.15) is 0 Å². The molecule has 0 radical (unpaired) electrons. The zero-order chi connectivity index (χ0) is 12.5. The van der Waals surface area contributed by atoms with Gasteiger partial charge in [-0.3, -0.25) is 0 Å². The number of phenols is 1. The van der Waals surface area contributed by atoms with Gasteiger partial charge in [-0.15, -0.1) is 0 Å². The molecule has 0 unspecified atom stereocenters. The van der Waals surface area contributed by atoms with Crippen molar-refractivity contribution in [3.05, 3.63) is 21.9 Å². The SMILES string of the molecule is COc1c(O)cc(F)c(CS(=O)(=O)Cl)c1Br. The van der Waals surface area contributed by atoms with Gasteiger partial charge in [-0.05, 0) is 15.9 Å². The molecule has 0 aliphatic rings. The van der Waals surface area contributed by atoms with Crippen LogP contribution in [0, 0.1) is 5.82 Å². The number of aromatic hydroxyl groups is 1. The van der Waals surface area contributed by atoms with E-state index >= 15 is 0 Å². The monoisotopic (exact) mass is 332 g/mol. The zero-order valence-corrected chi connectivity index (χ0v) is 11.2. The molecule has 0 saturated heterocycles. The van der Waals surface area contributed by atoms with Crippen LogP contribution in [-0.4, -0.2) is 20.6 Å². The van der Waals surface area contributed by atoms with E-state index in [2.05, 4.69) is 15.9 Å². The van der Waals surface area contributed by atoms with Gasteiger partial charge >= 0.3 is 0 Å². The second-order valence-electron chi connectivity index (χ2n) is 2.89. The Labute approximate surface area is 105 Å². The van der Waals surface area contributed by atoms with Crippen molar-refractivity contribution in [1.29, 1.82) is 0 Å². The number of hydrogen-bond donors (Lipinski definition) is 1. The average molecular weight is 334 g/mol. The molecule has 0 spiro atoms. The van der Waals surface area contributed by atoms with Gasteiger partial charge < -0.3 is 9.84 Å². The van der Waals surface area contributed by atoms with Crippen LogP contribution >= 0.6 is 26.6 Å². The second kappa shape index (κ2) is 4.77. The van der Waals surface area contributed by atoms with E-state index in [9.17, 15) is 17.9 Å². The quantitative estimate of drug-likeness (QED) is 0.863. The molecular weight excluding hydrogens is 327 g/mol. The van der Waals surface area contributed by atoms with Crippen LogP contribution < -0.4 is 4.74 Å². The smallest absolute Gasteiger partial charge is 0.236 e. The molecule has 0 heterocycles. The van der Waals surface area contributed by atoms with Crippen LogP contribution in [0.25, 0.3) is 0 Å². The van der Waals surface area contributed by atoms with Gasteiger partial charge in [0.25, 0.3) is 0 Å². The molecule has 0 amide bonds. The van der Waals surface area contributed by atoms with Crippen molar-refractivity contribution in [2.24, 2.45) is 0 Å². The van der Waals surface area contributed by atoms with E-state index in [0.29, 0.717) is 0 Å². The number of halogens is 3. The van der Waals surface area contributed by atoms with Gasteiger partial charge in [0.2, 0.25) is 9.05 Å². The van der Waals surface area contributed by atoms with E-state index in [1.54, 1.807) is 0 Å². The standard InChI is InChI=1S/C8H7BrClFO4S/c1-15-8-6(12)2-5(11)4(7(8)9)3-16(10,13)14/h2,12H,3H2,1H3. The maximum Gasteiger partial charge on any atom is 0.236 e. The van der Waals surface area contributed by atoms with Crippen LogP contribution in [0.3, 0.4) is 0 Å². The maximum atomic E-state index is 13.4. The molecule has 16 heavy (non-hydrogen) atoms. The average Bonchev–Trinajstić information content (AvgIpc) is 2.11. The largest absolute Gasteiger partial charge is 0.504 e. The molecule has 1 N–H and O–H groups in total. The predicted octanol–water partition coefficient (Wildman–Crippen LogP) is 2.37. The summed E-state index contributed by atoms with van der Waals surface area (Å²) >= 11 is 2.95. The van der Waals surface area contributed by atoms with E-state index in [0.717, 1.165) is 6.07 Å². The predicted molar refractivity (Wildman–Crippen MR) is 60.8 cm³/mol. The van der Waals surface area contributed by atoms with Gasteiger partial charge in [-0.25, -0.2) is 12.8 Å². The van der Waals surface area contributed by atoms with Crippen LogP contribution in [0.15, 0.2) is 10.5 Å². The number of phenolic OH excluding ortho intramolecular Hbond substituents is 1. The molecule has 0 aliphatic carbocycles. The molecular formula is C8H7BrClFO4S. The summed E-state index contributed by atoms with van der Waals surface area (Å²) in [6.07, 6.45) is 0. The minimum absolute atomic E-state index is 0.0247. The van der Waals surface area contributed by atoms with Crippen molar-refractivity contribution >= 4 is 35.7 Å². The van der Waals surface area contributed by atoms with Crippen LogP contribution in [0.5, 0.6) is 11.5 Å². The van der Waals surface area contributed by atoms with Crippen LogP contribution in [0.1, 0.15) is 5.56 Å². The summed E-state index contributed by atoms with van der Waals surface area (Å²) in [5.41, 5.74) is -0.190. The first-order valence-corrected chi connectivity index (χ1v) is 7.19. The van der Waals surface area contributed by atoms with Gasteiger partial charge in [0, 0.05) is 22.3 Å². The summed E-state index contributed by atoms with van der Waals surface area (Å²) in [6, 6.07) is 0.765. The second-order valence-corrected chi connectivity index (χ2v) is 6.46. The number of benzene rings is 1. The molecule has 4 nitrogen and oxygen atoms in total. The topological polar surface area (TPSA) is 63.6 Å². The Bertz CT molecular complexity index is 517. The minimum Gasteiger partial charge on any atom is -0.504 e. The van der Waals surface area contributed by atoms with Crippen molar-refractivity contribution in [1.82, 2.24) is 0 Å². The highest BCUT2D eigenvalue weighted by atomic mass is 79.9. The van der Waals surface area contributed by atoms with Crippen molar-refractivity contribution in [2.45, 2.75) is 5.75 Å². The number of ether oxygens (including phenoxy) is 1. The zero-order valence-electron chi connectivity index (χ0n) is 8.00. The lowest BCUT2D eigenvalue weighted by Gasteiger charge is -2.10. The molecule has 0 aromatic heterocycles. The van der Waals surface area contributed by atoms with Gasteiger partial charge in [-0.1, -0.05) is 0 Å². The molecule has 0 aliphatic heterocycles. The summed E-state index contributed by atoms with van der Waals surface area (Å²) in [6.45, 7) is 0. The number of methoxy groups -OCH3 is 1. The van der Waals surface area contributed by atoms with Crippen LogP contribution in [-0.2, 0) is 14.8 Å². The lowest BCUT2D eigenvalue weighted by atomic mass is 10.2. The fourth-order valence-corrected chi connectivity index (χ4v) is 2.96. The van der Waals surface area contributed by atoms with E-state index in [1.165, 1.54) is 7.11 Å². The fraction of sp³-hybridized carbons (Fsp3) is 0.250. The molecule has 0 fully saturated rings. The molecule has 1 aromatic rings. The summed E-state index contributed by atoms with van der Waals surface area (Å²) in [7, 11) is 2.39. The molecule has 0 atom stereocenters. The number of rotatable bonds is 3. The van der Waals surface area contributed by atoms with Crippen molar-refractivity contribution in [3.63, 3.8) is 0 Å². The highest BCUT2D eigenvalue weighted by Crippen LogP contribution is 2.39. The molecule has 0 saturated carbocycles. The van der Waals surface area contributed by atoms with Gasteiger partial charge in [0.1, 0.15) is 5.82 Å². The summed E-state index contributed by atoms with van der Waals surface area (Å²) in [4.78, 5) is 0. The minimum atomic E-state index is -3.89. The van der Waals surface area contributed by atoms with Gasteiger partial charge in [0.05, 0.1) is 17.3 Å². The first kappa shape index (κ1) is 13.5. The third kappa shape index (κ3) is 2.99. The van der Waals surface area contributed by atoms with Crippen molar-refractivity contribution in [3.8, 4) is 11.5 Å². The van der Waals surface area contributed by atoms with Crippen LogP contribution in [0.2, 0.25) is 0 Å². The van der Waals surface area contributed by atoms with E-state index in [-0.39, 0.29) is 15.8 Å². The highest BCUT2D eigenvalue weighted by molar-refractivity contribution is 9.10. The fourth-order valence-electron chi connectivity index (χ4n) is 1.13. The first-order valence-electron chi connectivity index (χ1n) is 3.92.